The summed E-state index contributed by atoms with van der Waals surface area (Å²) in [5, 5.41) is 6.10. The van der Waals surface area contributed by atoms with E-state index in [1.54, 1.807) is 24.3 Å². The number of carbonyl (C=O) groups excluding carboxylic acids is 2. The average molecular weight is 304 g/mol. The van der Waals surface area contributed by atoms with Crippen molar-refractivity contribution in [1.29, 1.82) is 0 Å². The molecule has 2 rings (SSSR count). The molecule has 0 atom stereocenters. The first-order valence-electron chi connectivity index (χ1n) is 7.51. The number of nitrogens with one attached hydrogen (secondary N) is 2. The number of hydrogen-bond donors (Lipinski definition) is 2. The summed E-state index contributed by atoms with van der Waals surface area (Å²) in [5.74, 6) is -0.323. The van der Waals surface area contributed by atoms with Crippen molar-refractivity contribution in [2.75, 3.05) is 5.32 Å². The Kier molecular flexibility index (Phi) is 4.56. The number of piperidine rings is 1. The van der Waals surface area contributed by atoms with E-state index in [0.29, 0.717) is 17.7 Å². The summed E-state index contributed by atoms with van der Waals surface area (Å²) in [6.45, 7) is 8.48. The summed E-state index contributed by atoms with van der Waals surface area (Å²) in [4.78, 5) is 22.6. The molecule has 1 amide bonds. The largest absolute Gasteiger partial charge is 0.459 e. The molecule has 1 aromatic rings. The zero-order valence-electron chi connectivity index (χ0n) is 13.6. The van der Waals surface area contributed by atoms with Crippen molar-refractivity contribution in [2.24, 2.45) is 0 Å². The van der Waals surface area contributed by atoms with Gasteiger partial charge in [-0.15, -0.1) is 0 Å². The maximum Gasteiger partial charge on any atom is 0.338 e. The summed E-state index contributed by atoms with van der Waals surface area (Å²) in [5.41, 5.74) is 1.01. The summed E-state index contributed by atoms with van der Waals surface area (Å²) in [6, 6.07) is 6.68. The smallest absolute Gasteiger partial charge is 0.338 e. The number of amides is 1. The van der Waals surface area contributed by atoms with Crippen LogP contribution in [-0.4, -0.2) is 29.6 Å². The van der Waals surface area contributed by atoms with Crippen LogP contribution in [0.3, 0.4) is 0 Å². The Hall–Kier alpha value is -1.88. The predicted octanol–water partition coefficient (Wildman–Crippen LogP) is 2.72. The van der Waals surface area contributed by atoms with E-state index in [4.69, 9.17) is 4.74 Å². The zero-order chi connectivity index (χ0) is 16.4. The van der Waals surface area contributed by atoms with Crippen LogP contribution >= 0.6 is 0 Å². The molecule has 1 aliphatic rings. The number of benzene rings is 1. The van der Waals surface area contributed by atoms with Gasteiger partial charge in [0.05, 0.1) is 5.56 Å². The van der Waals surface area contributed by atoms with Crippen LogP contribution in [0, 0.1) is 0 Å². The minimum Gasteiger partial charge on any atom is -0.459 e. The second-order valence-corrected chi connectivity index (χ2v) is 7.17. The number of esters is 1. The summed E-state index contributed by atoms with van der Waals surface area (Å²) < 4.78 is 5.68. The van der Waals surface area contributed by atoms with Crippen LogP contribution in [0.25, 0.3) is 0 Å². The second-order valence-electron chi connectivity index (χ2n) is 7.17. The molecule has 0 unspecified atom stereocenters. The number of ether oxygens (including phenoxy) is 1. The van der Waals surface area contributed by atoms with Crippen molar-refractivity contribution in [3.63, 3.8) is 0 Å². The standard InChI is InChI=1S/C17H24N2O3/c1-16(2)9-14(10-17(3,4)19-16)22-15(21)12-5-7-13(8-6-12)18-11-20/h5-8,11,14,19H,9-10H2,1-4H3,(H,18,20). The Balaban J connectivity index is 2.03. The minimum atomic E-state index is -0.323. The molecule has 0 bridgehead atoms. The normalized spacial score (nSPS) is 20.2. The van der Waals surface area contributed by atoms with Gasteiger partial charge in [-0.25, -0.2) is 4.79 Å². The van der Waals surface area contributed by atoms with Crippen LogP contribution in [0.15, 0.2) is 24.3 Å². The van der Waals surface area contributed by atoms with Gasteiger partial charge in [-0.05, 0) is 52.0 Å². The van der Waals surface area contributed by atoms with Crippen molar-refractivity contribution >= 4 is 18.1 Å². The van der Waals surface area contributed by atoms with Gasteiger partial charge in [0.1, 0.15) is 6.10 Å². The topological polar surface area (TPSA) is 67.4 Å². The maximum absolute atomic E-state index is 12.3. The molecular formula is C17H24N2O3. The van der Waals surface area contributed by atoms with Crippen molar-refractivity contribution in [1.82, 2.24) is 5.32 Å². The highest BCUT2D eigenvalue weighted by atomic mass is 16.5. The average Bonchev–Trinajstić information content (AvgIpc) is 2.36. The fourth-order valence-electron chi connectivity index (χ4n) is 3.30. The minimum absolute atomic E-state index is 0.0650. The molecule has 1 aromatic carbocycles. The fraction of sp³-hybridized carbons (Fsp3) is 0.529. The summed E-state index contributed by atoms with van der Waals surface area (Å²) in [7, 11) is 0. The van der Waals surface area contributed by atoms with Gasteiger partial charge in [0.25, 0.3) is 0 Å². The molecule has 0 aromatic heterocycles. The van der Waals surface area contributed by atoms with Gasteiger partial charge in [0.15, 0.2) is 0 Å². The van der Waals surface area contributed by atoms with Crippen LogP contribution in [0.2, 0.25) is 0 Å². The molecule has 0 radical (unpaired) electrons. The van der Waals surface area contributed by atoms with E-state index in [0.717, 1.165) is 12.8 Å². The van der Waals surface area contributed by atoms with Crippen LogP contribution in [-0.2, 0) is 9.53 Å². The molecule has 1 saturated heterocycles. The van der Waals surface area contributed by atoms with E-state index in [9.17, 15) is 9.59 Å². The predicted molar refractivity (Wildman–Crippen MR) is 85.9 cm³/mol. The van der Waals surface area contributed by atoms with Crippen LogP contribution < -0.4 is 10.6 Å². The van der Waals surface area contributed by atoms with Gasteiger partial charge >= 0.3 is 5.97 Å². The zero-order valence-corrected chi connectivity index (χ0v) is 13.6. The Morgan fingerprint density at radius 3 is 2.23 bits per heavy atom. The van der Waals surface area contributed by atoms with Gasteiger partial charge < -0.3 is 15.4 Å². The number of carbonyl (C=O) groups is 2. The molecule has 1 fully saturated rings. The van der Waals surface area contributed by atoms with Gasteiger partial charge in [-0.2, -0.15) is 0 Å². The molecule has 22 heavy (non-hydrogen) atoms. The van der Waals surface area contributed by atoms with Gasteiger partial charge in [0.2, 0.25) is 6.41 Å². The third-order valence-corrected chi connectivity index (χ3v) is 3.77. The van der Waals surface area contributed by atoms with Crippen LogP contribution in [0.1, 0.15) is 50.9 Å². The van der Waals surface area contributed by atoms with Gasteiger partial charge in [0, 0.05) is 29.6 Å². The molecule has 120 valence electrons. The lowest BCUT2D eigenvalue weighted by Gasteiger charge is -2.45. The van der Waals surface area contributed by atoms with Crippen LogP contribution in [0.4, 0.5) is 5.69 Å². The molecule has 0 saturated carbocycles. The molecule has 2 N–H and O–H groups in total. The van der Waals surface area contributed by atoms with Crippen molar-refractivity contribution in [3.8, 4) is 0 Å². The van der Waals surface area contributed by atoms with E-state index < -0.39 is 0 Å². The third-order valence-electron chi connectivity index (χ3n) is 3.77. The van der Waals surface area contributed by atoms with Crippen molar-refractivity contribution < 1.29 is 14.3 Å². The first kappa shape index (κ1) is 16.5. The van der Waals surface area contributed by atoms with E-state index >= 15 is 0 Å². The molecule has 0 aliphatic carbocycles. The third kappa shape index (κ3) is 4.31. The quantitative estimate of drug-likeness (QED) is 0.663. The van der Waals surface area contributed by atoms with E-state index in [2.05, 4.69) is 38.3 Å². The second kappa shape index (κ2) is 6.08. The fourth-order valence-corrected chi connectivity index (χ4v) is 3.30. The Bertz CT molecular complexity index is 534. The number of hydrogen-bond acceptors (Lipinski definition) is 4. The molecule has 1 aliphatic heterocycles. The Labute approximate surface area is 131 Å². The highest BCUT2D eigenvalue weighted by Crippen LogP contribution is 2.30. The van der Waals surface area contributed by atoms with Crippen molar-refractivity contribution in [2.45, 2.75) is 57.7 Å². The van der Waals surface area contributed by atoms with E-state index in [-0.39, 0.29) is 23.2 Å². The monoisotopic (exact) mass is 304 g/mol. The maximum atomic E-state index is 12.3. The molecule has 1 heterocycles. The Morgan fingerprint density at radius 2 is 1.73 bits per heavy atom. The molecule has 0 spiro atoms. The molecule has 5 nitrogen and oxygen atoms in total. The molecular weight excluding hydrogens is 280 g/mol. The molecule has 5 heteroatoms. The lowest BCUT2D eigenvalue weighted by molar-refractivity contribution is -0.105. The number of anilines is 1. The van der Waals surface area contributed by atoms with Crippen molar-refractivity contribution in [3.05, 3.63) is 29.8 Å². The van der Waals surface area contributed by atoms with Gasteiger partial charge in [-0.3, -0.25) is 4.79 Å². The summed E-state index contributed by atoms with van der Waals surface area (Å²) in [6.07, 6.45) is 2.07. The lowest BCUT2D eigenvalue weighted by Crippen LogP contribution is -2.59. The van der Waals surface area contributed by atoms with Crippen LogP contribution in [0.5, 0.6) is 0 Å². The Morgan fingerprint density at radius 1 is 1.18 bits per heavy atom. The highest BCUT2D eigenvalue weighted by Gasteiger charge is 2.39. The van der Waals surface area contributed by atoms with E-state index in [1.165, 1.54) is 0 Å². The lowest BCUT2D eigenvalue weighted by atomic mass is 9.81. The first-order valence-corrected chi connectivity index (χ1v) is 7.51. The SMILES string of the molecule is CC1(C)CC(OC(=O)c2ccc(NC=O)cc2)CC(C)(C)N1. The van der Waals surface area contributed by atoms with Gasteiger partial charge in [-0.1, -0.05) is 0 Å². The highest BCUT2D eigenvalue weighted by molar-refractivity contribution is 5.90. The summed E-state index contributed by atoms with van der Waals surface area (Å²) >= 11 is 0. The first-order chi connectivity index (χ1) is 10.2. The van der Waals surface area contributed by atoms with E-state index in [1.807, 2.05) is 0 Å². The number of rotatable bonds is 4.